The third-order valence-electron chi connectivity index (χ3n) is 2.96. The van der Waals surface area contributed by atoms with Crippen LogP contribution in [0.15, 0.2) is 23.2 Å². The number of alkyl halides is 1. The van der Waals surface area contributed by atoms with Gasteiger partial charge in [-0.1, -0.05) is 22.4 Å². The van der Waals surface area contributed by atoms with E-state index in [1.54, 1.807) is 0 Å². The fourth-order valence-electron chi connectivity index (χ4n) is 1.95. The van der Waals surface area contributed by atoms with Crippen molar-refractivity contribution >= 4 is 31.8 Å². The molecule has 2 unspecified atom stereocenters. The SMILES string of the molecule is O=[N+]([O-])c1ccc(S(=O)(=O)NC2CCCC2Br)cn1. The van der Waals surface area contributed by atoms with Crippen LogP contribution in [0, 0.1) is 10.1 Å². The van der Waals surface area contributed by atoms with Crippen LogP contribution in [0.5, 0.6) is 0 Å². The van der Waals surface area contributed by atoms with Crippen LogP contribution in [0.2, 0.25) is 0 Å². The standard InChI is InChI=1S/C10H12BrN3O4S/c11-8-2-1-3-9(8)13-19(17,18)7-4-5-10(12-6-7)14(15)16/h4-6,8-9,13H,1-3H2. The number of hydrogen-bond acceptors (Lipinski definition) is 5. The lowest BCUT2D eigenvalue weighted by Crippen LogP contribution is -2.37. The number of pyridine rings is 1. The minimum Gasteiger partial charge on any atom is -0.358 e. The molecule has 0 amide bonds. The number of sulfonamides is 1. The van der Waals surface area contributed by atoms with Gasteiger partial charge in [0.25, 0.3) is 0 Å². The van der Waals surface area contributed by atoms with Gasteiger partial charge in [0.15, 0.2) is 6.20 Å². The Morgan fingerprint density at radius 2 is 2.16 bits per heavy atom. The Balaban J connectivity index is 2.17. The van der Waals surface area contributed by atoms with Gasteiger partial charge in [-0.3, -0.25) is 0 Å². The highest BCUT2D eigenvalue weighted by atomic mass is 79.9. The number of nitrogens with zero attached hydrogens (tertiary/aromatic N) is 2. The normalized spacial score (nSPS) is 23.4. The van der Waals surface area contributed by atoms with Crippen molar-refractivity contribution in [3.05, 3.63) is 28.4 Å². The second kappa shape index (κ2) is 5.51. The van der Waals surface area contributed by atoms with Crippen molar-refractivity contribution in [2.75, 3.05) is 0 Å². The maximum atomic E-state index is 12.1. The zero-order valence-electron chi connectivity index (χ0n) is 9.82. The highest BCUT2D eigenvalue weighted by Crippen LogP contribution is 2.27. The van der Waals surface area contributed by atoms with Crippen LogP contribution < -0.4 is 4.72 Å². The lowest BCUT2D eigenvalue weighted by molar-refractivity contribution is -0.389. The number of rotatable bonds is 4. The number of nitro groups is 1. The predicted molar refractivity (Wildman–Crippen MR) is 71.6 cm³/mol. The van der Waals surface area contributed by atoms with E-state index >= 15 is 0 Å². The molecular weight excluding hydrogens is 338 g/mol. The molecular formula is C10H12BrN3O4S. The van der Waals surface area contributed by atoms with Crippen molar-refractivity contribution in [2.45, 2.75) is 35.0 Å². The van der Waals surface area contributed by atoms with E-state index in [1.165, 1.54) is 6.07 Å². The summed E-state index contributed by atoms with van der Waals surface area (Å²) < 4.78 is 26.7. The van der Waals surface area contributed by atoms with Crippen LogP contribution in [0.4, 0.5) is 5.82 Å². The molecule has 2 atom stereocenters. The van der Waals surface area contributed by atoms with Crippen LogP contribution in [-0.4, -0.2) is 29.2 Å². The molecule has 1 aromatic heterocycles. The van der Waals surface area contributed by atoms with Crippen molar-refractivity contribution < 1.29 is 13.3 Å². The first-order chi connectivity index (χ1) is 8.90. The number of halogens is 1. The lowest BCUT2D eigenvalue weighted by Gasteiger charge is -2.15. The van der Waals surface area contributed by atoms with Gasteiger partial charge in [-0.15, -0.1) is 0 Å². The Hall–Kier alpha value is -1.06. The first-order valence-electron chi connectivity index (χ1n) is 5.67. The van der Waals surface area contributed by atoms with Gasteiger partial charge in [0.1, 0.15) is 4.90 Å². The highest BCUT2D eigenvalue weighted by molar-refractivity contribution is 9.09. The summed E-state index contributed by atoms with van der Waals surface area (Å²) in [6.45, 7) is 0. The first kappa shape index (κ1) is 14.4. The highest BCUT2D eigenvalue weighted by Gasteiger charge is 2.30. The summed E-state index contributed by atoms with van der Waals surface area (Å²) in [5.41, 5.74) is 0. The van der Waals surface area contributed by atoms with E-state index in [4.69, 9.17) is 0 Å². The Bertz CT molecular complexity index is 575. The number of aromatic nitrogens is 1. The fraction of sp³-hybridized carbons (Fsp3) is 0.500. The molecule has 1 fully saturated rings. The average molecular weight is 350 g/mol. The van der Waals surface area contributed by atoms with E-state index in [2.05, 4.69) is 25.6 Å². The molecule has 1 N–H and O–H groups in total. The minimum atomic E-state index is -3.68. The smallest absolute Gasteiger partial charge is 0.358 e. The monoisotopic (exact) mass is 349 g/mol. The van der Waals surface area contributed by atoms with Crippen molar-refractivity contribution in [3.8, 4) is 0 Å². The molecule has 1 heterocycles. The Morgan fingerprint density at radius 1 is 1.42 bits per heavy atom. The zero-order valence-corrected chi connectivity index (χ0v) is 12.2. The largest absolute Gasteiger partial charge is 0.363 e. The Morgan fingerprint density at radius 3 is 2.63 bits per heavy atom. The summed E-state index contributed by atoms with van der Waals surface area (Å²) in [6.07, 6.45) is 3.65. The topological polar surface area (TPSA) is 102 Å². The van der Waals surface area contributed by atoms with Crippen molar-refractivity contribution in [1.82, 2.24) is 9.71 Å². The molecule has 7 nitrogen and oxygen atoms in total. The van der Waals surface area contributed by atoms with Gasteiger partial charge in [-0.2, -0.15) is 0 Å². The number of nitrogens with one attached hydrogen (secondary N) is 1. The summed E-state index contributed by atoms with van der Waals surface area (Å²) in [7, 11) is -3.68. The molecule has 0 spiro atoms. The molecule has 0 bridgehead atoms. The molecule has 104 valence electrons. The van der Waals surface area contributed by atoms with E-state index in [9.17, 15) is 18.5 Å². The third kappa shape index (κ3) is 3.28. The van der Waals surface area contributed by atoms with Gasteiger partial charge in [-0.05, 0) is 28.8 Å². The van der Waals surface area contributed by atoms with E-state index in [1.807, 2.05) is 0 Å². The van der Waals surface area contributed by atoms with Crippen molar-refractivity contribution in [1.29, 1.82) is 0 Å². The van der Waals surface area contributed by atoms with Crippen LogP contribution in [0.25, 0.3) is 0 Å². The molecule has 1 aromatic rings. The van der Waals surface area contributed by atoms with Crippen LogP contribution in [0.3, 0.4) is 0 Å². The van der Waals surface area contributed by atoms with Gasteiger partial charge < -0.3 is 10.1 Å². The number of hydrogen-bond donors (Lipinski definition) is 1. The molecule has 9 heteroatoms. The third-order valence-corrected chi connectivity index (χ3v) is 5.53. The van der Waals surface area contributed by atoms with E-state index in [0.29, 0.717) is 0 Å². The van der Waals surface area contributed by atoms with Gasteiger partial charge in [0, 0.05) is 16.9 Å². The predicted octanol–water partition coefficient (Wildman–Crippen LogP) is 1.58. The molecule has 1 saturated carbocycles. The average Bonchev–Trinajstić information content (AvgIpc) is 2.74. The summed E-state index contributed by atoms with van der Waals surface area (Å²) in [6, 6.07) is 2.11. The molecule has 0 saturated heterocycles. The van der Waals surface area contributed by atoms with Gasteiger partial charge in [0.2, 0.25) is 10.0 Å². The van der Waals surface area contributed by atoms with E-state index in [0.717, 1.165) is 31.5 Å². The maximum Gasteiger partial charge on any atom is 0.363 e. The molecule has 2 rings (SSSR count). The van der Waals surface area contributed by atoms with Gasteiger partial charge in [-0.25, -0.2) is 13.1 Å². The second-order valence-corrected chi connectivity index (χ2v) is 7.17. The molecule has 0 radical (unpaired) electrons. The lowest BCUT2D eigenvalue weighted by atomic mass is 10.3. The van der Waals surface area contributed by atoms with Crippen LogP contribution >= 0.6 is 15.9 Å². The van der Waals surface area contributed by atoms with Crippen LogP contribution in [0.1, 0.15) is 19.3 Å². The van der Waals surface area contributed by atoms with Crippen LogP contribution in [-0.2, 0) is 10.0 Å². The van der Waals surface area contributed by atoms with Gasteiger partial charge >= 0.3 is 5.82 Å². The maximum absolute atomic E-state index is 12.1. The Labute approximate surface area is 118 Å². The minimum absolute atomic E-state index is 0.0651. The summed E-state index contributed by atoms with van der Waals surface area (Å²) in [5, 5.41) is 10.5. The van der Waals surface area contributed by atoms with Crippen molar-refractivity contribution in [2.24, 2.45) is 0 Å². The summed E-state index contributed by atoms with van der Waals surface area (Å²) in [4.78, 5) is 13.3. The Kier molecular flexibility index (Phi) is 4.16. The molecule has 1 aliphatic carbocycles. The quantitative estimate of drug-likeness (QED) is 0.505. The second-order valence-electron chi connectivity index (χ2n) is 4.28. The summed E-state index contributed by atoms with van der Waals surface area (Å²) >= 11 is 3.43. The fourth-order valence-corrected chi connectivity index (χ4v) is 4.10. The summed E-state index contributed by atoms with van der Waals surface area (Å²) in [5.74, 6) is -0.377. The molecule has 0 aromatic carbocycles. The molecule has 19 heavy (non-hydrogen) atoms. The molecule has 0 aliphatic heterocycles. The first-order valence-corrected chi connectivity index (χ1v) is 8.07. The van der Waals surface area contributed by atoms with E-state index < -0.39 is 14.9 Å². The van der Waals surface area contributed by atoms with E-state index in [-0.39, 0.29) is 21.6 Å². The zero-order chi connectivity index (χ0) is 14.0. The van der Waals surface area contributed by atoms with Crippen molar-refractivity contribution in [3.63, 3.8) is 0 Å². The van der Waals surface area contributed by atoms with Gasteiger partial charge in [0.05, 0.1) is 0 Å². The molecule has 1 aliphatic rings.